The minimum atomic E-state index is -0.350. The number of amides is 2. The van der Waals surface area contributed by atoms with E-state index in [0.717, 1.165) is 0 Å². The summed E-state index contributed by atoms with van der Waals surface area (Å²) in [6, 6.07) is 3.83. The van der Waals surface area contributed by atoms with Crippen LogP contribution in [0.25, 0.3) is 0 Å². The van der Waals surface area contributed by atoms with Crippen molar-refractivity contribution >= 4 is 11.8 Å². The van der Waals surface area contributed by atoms with Crippen LogP contribution in [0.2, 0.25) is 0 Å². The molecular formula is C11H12N2O4. The van der Waals surface area contributed by atoms with Gasteiger partial charge in [-0.2, -0.15) is 0 Å². The van der Waals surface area contributed by atoms with E-state index in [0.29, 0.717) is 13.1 Å². The van der Waals surface area contributed by atoms with Crippen molar-refractivity contribution < 1.29 is 19.8 Å². The topological polar surface area (TPSA) is 89.9 Å². The van der Waals surface area contributed by atoms with Crippen molar-refractivity contribution in [1.29, 1.82) is 0 Å². The predicted molar refractivity (Wildman–Crippen MR) is 58.7 cm³/mol. The van der Waals surface area contributed by atoms with Crippen molar-refractivity contribution in [1.82, 2.24) is 10.2 Å². The number of rotatable bonds is 1. The van der Waals surface area contributed by atoms with Gasteiger partial charge in [0.2, 0.25) is 5.91 Å². The number of aromatic hydroxyl groups is 2. The van der Waals surface area contributed by atoms with Crippen molar-refractivity contribution in [2.45, 2.75) is 0 Å². The molecule has 0 radical (unpaired) electrons. The van der Waals surface area contributed by atoms with Crippen LogP contribution >= 0.6 is 0 Å². The Bertz CT molecular complexity index is 473. The van der Waals surface area contributed by atoms with E-state index < -0.39 is 0 Å². The maximum Gasteiger partial charge on any atom is 0.254 e. The lowest BCUT2D eigenvalue weighted by atomic mass is 10.1. The van der Waals surface area contributed by atoms with Gasteiger partial charge in [-0.3, -0.25) is 9.59 Å². The summed E-state index contributed by atoms with van der Waals surface area (Å²) in [5, 5.41) is 21.1. The number of nitrogens with zero attached hydrogens (tertiary/aromatic N) is 1. The van der Waals surface area contributed by atoms with E-state index in [1.807, 2.05) is 0 Å². The maximum absolute atomic E-state index is 12.0. The van der Waals surface area contributed by atoms with Gasteiger partial charge in [-0.25, -0.2) is 0 Å². The number of carbonyl (C=O) groups excluding carboxylic acids is 2. The molecule has 6 heteroatoms. The summed E-state index contributed by atoms with van der Waals surface area (Å²) in [5.74, 6) is -1.17. The second-order valence-electron chi connectivity index (χ2n) is 3.78. The molecule has 0 bridgehead atoms. The fourth-order valence-electron chi connectivity index (χ4n) is 1.65. The van der Waals surface area contributed by atoms with E-state index in [4.69, 9.17) is 5.11 Å². The molecule has 1 heterocycles. The second kappa shape index (κ2) is 4.32. The lowest BCUT2D eigenvalue weighted by molar-refractivity contribution is -0.123. The van der Waals surface area contributed by atoms with Crippen molar-refractivity contribution in [3.8, 4) is 11.5 Å². The molecule has 90 valence electrons. The first-order valence-corrected chi connectivity index (χ1v) is 5.16. The first-order valence-electron chi connectivity index (χ1n) is 5.16. The second-order valence-corrected chi connectivity index (χ2v) is 3.78. The van der Waals surface area contributed by atoms with Gasteiger partial charge in [-0.05, 0) is 18.2 Å². The summed E-state index contributed by atoms with van der Waals surface area (Å²) in [7, 11) is 0. The van der Waals surface area contributed by atoms with Gasteiger partial charge in [-0.1, -0.05) is 0 Å². The van der Waals surface area contributed by atoms with Crippen LogP contribution in [0.15, 0.2) is 18.2 Å². The molecule has 2 rings (SSSR count). The Labute approximate surface area is 97.5 Å². The first kappa shape index (κ1) is 11.3. The highest BCUT2D eigenvalue weighted by Gasteiger charge is 2.22. The zero-order chi connectivity index (χ0) is 12.4. The molecule has 1 saturated heterocycles. The molecule has 0 unspecified atom stereocenters. The summed E-state index contributed by atoms with van der Waals surface area (Å²) in [4.78, 5) is 24.5. The smallest absolute Gasteiger partial charge is 0.254 e. The van der Waals surface area contributed by atoms with Crippen LogP contribution < -0.4 is 5.32 Å². The summed E-state index contributed by atoms with van der Waals surface area (Å²) in [6.45, 7) is 0.876. The fourth-order valence-corrected chi connectivity index (χ4v) is 1.65. The van der Waals surface area contributed by atoms with E-state index in [2.05, 4.69) is 5.32 Å². The minimum absolute atomic E-state index is 0.0144. The Morgan fingerprint density at radius 1 is 1.29 bits per heavy atom. The normalized spacial score (nSPS) is 15.5. The van der Waals surface area contributed by atoms with E-state index in [-0.39, 0.29) is 35.4 Å². The molecule has 0 aliphatic carbocycles. The molecule has 1 fully saturated rings. The molecule has 0 aromatic heterocycles. The van der Waals surface area contributed by atoms with Crippen LogP contribution in [0.1, 0.15) is 10.4 Å². The number of hydrogen-bond acceptors (Lipinski definition) is 4. The van der Waals surface area contributed by atoms with Gasteiger partial charge >= 0.3 is 0 Å². The average Bonchev–Trinajstić information content (AvgIpc) is 2.32. The molecule has 1 aliphatic heterocycles. The zero-order valence-electron chi connectivity index (χ0n) is 9.01. The number of carbonyl (C=O) groups is 2. The highest BCUT2D eigenvalue weighted by atomic mass is 16.3. The van der Waals surface area contributed by atoms with E-state index in [1.165, 1.54) is 23.1 Å². The number of phenolic OH excluding ortho intramolecular Hbond substituents is 2. The maximum atomic E-state index is 12.0. The van der Waals surface area contributed by atoms with Gasteiger partial charge in [0.1, 0.15) is 0 Å². The lowest BCUT2D eigenvalue weighted by Crippen LogP contribution is -2.49. The number of piperazine rings is 1. The lowest BCUT2D eigenvalue weighted by Gasteiger charge is -2.26. The number of hydrogen-bond donors (Lipinski definition) is 3. The fraction of sp³-hybridized carbons (Fsp3) is 0.273. The SMILES string of the molecule is O=C1CN(C(=O)c2ccc(O)c(O)c2)CCN1. The zero-order valence-corrected chi connectivity index (χ0v) is 9.01. The number of nitrogens with one attached hydrogen (secondary N) is 1. The summed E-state index contributed by atoms with van der Waals surface area (Å²) < 4.78 is 0. The number of benzene rings is 1. The molecule has 0 saturated carbocycles. The summed E-state index contributed by atoms with van der Waals surface area (Å²) >= 11 is 0. The van der Waals surface area contributed by atoms with E-state index in [9.17, 15) is 14.7 Å². The average molecular weight is 236 g/mol. The van der Waals surface area contributed by atoms with Crippen LogP contribution in [0.3, 0.4) is 0 Å². The Hall–Kier alpha value is -2.24. The third-order valence-corrected chi connectivity index (χ3v) is 2.55. The van der Waals surface area contributed by atoms with Gasteiger partial charge in [0.15, 0.2) is 11.5 Å². The largest absolute Gasteiger partial charge is 0.504 e. The molecule has 1 aliphatic rings. The molecule has 1 aromatic carbocycles. The molecule has 2 amide bonds. The van der Waals surface area contributed by atoms with Crippen LogP contribution in [0, 0.1) is 0 Å². The van der Waals surface area contributed by atoms with E-state index >= 15 is 0 Å². The monoisotopic (exact) mass is 236 g/mol. The van der Waals surface area contributed by atoms with Gasteiger partial charge in [-0.15, -0.1) is 0 Å². The van der Waals surface area contributed by atoms with Crippen LogP contribution in [-0.2, 0) is 4.79 Å². The van der Waals surface area contributed by atoms with Crippen molar-refractivity contribution in [3.05, 3.63) is 23.8 Å². The van der Waals surface area contributed by atoms with Gasteiger partial charge < -0.3 is 20.4 Å². The summed E-state index contributed by atoms with van der Waals surface area (Å²) in [6.07, 6.45) is 0. The molecule has 3 N–H and O–H groups in total. The Morgan fingerprint density at radius 3 is 2.71 bits per heavy atom. The molecule has 1 aromatic rings. The molecule has 6 nitrogen and oxygen atoms in total. The van der Waals surface area contributed by atoms with Crippen LogP contribution in [0.4, 0.5) is 0 Å². The Balaban J connectivity index is 2.18. The summed E-state index contributed by atoms with van der Waals surface area (Å²) in [5.41, 5.74) is 0.245. The van der Waals surface area contributed by atoms with Crippen molar-refractivity contribution in [2.24, 2.45) is 0 Å². The van der Waals surface area contributed by atoms with Crippen LogP contribution in [-0.4, -0.2) is 46.6 Å². The Kier molecular flexibility index (Phi) is 2.86. The highest BCUT2D eigenvalue weighted by Crippen LogP contribution is 2.25. The van der Waals surface area contributed by atoms with Crippen molar-refractivity contribution in [2.75, 3.05) is 19.6 Å². The quantitative estimate of drug-likeness (QED) is 0.582. The minimum Gasteiger partial charge on any atom is -0.504 e. The predicted octanol–water partition coefficient (Wildman–Crippen LogP) is -0.330. The van der Waals surface area contributed by atoms with Crippen molar-refractivity contribution in [3.63, 3.8) is 0 Å². The first-order chi connectivity index (χ1) is 8.08. The third kappa shape index (κ3) is 2.30. The van der Waals surface area contributed by atoms with E-state index in [1.54, 1.807) is 0 Å². The van der Waals surface area contributed by atoms with Crippen LogP contribution in [0.5, 0.6) is 11.5 Å². The standard InChI is InChI=1S/C11H12N2O4/c14-8-2-1-7(5-9(8)15)11(17)13-4-3-12-10(16)6-13/h1-2,5,14-15H,3-4,6H2,(H,12,16). The molecule has 17 heavy (non-hydrogen) atoms. The molecule has 0 spiro atoms. The number of phenols is 2. The highest BCUT2D eigenvalue weighted by molar-refractivity contribution is 5.97. The molecular weight excluding hydrogens is 224 g/mol. The van der Waals surface area contributed by atoms with Gasteiger partial charge in [0.05, 0.1) is 6.54 Å². The van der Waals surface area contributed by atoms with Gasteiger partial charge in [0.25, 0.3) is 5.91 Å². The Morgan fingerprint density at radius 2 is 2.06 bits per heavy atom. The van der Waals surface area contributed by atoms with Gasteiger partial charge in [0, 0.05) is 18.7 Å². The molecule has 0 atom stereocenters. The third-order valence-electron chi connectivity index (χ3n) is 2.55.